The van der Waals surface area contributed by atoms with Crippen LogP contribution in [0.15, 0.2) is 83.8 Å². The van der Waals surface area contributed by atoms with Gasteiger partial charge in [-0.2, -0.15) is 5.10 Å². The summed E-state index contributed by atoms with van der Waals surface area (Å²) < 4.78 is 14.8. The number of fused-ring (bicyclic) bond motifs is 1. The third kappa shape index (κ3) is 4.38. The number of likely N-dealkylation sites (tertiary alicyclic amines) is 2. The number of rotatable bonds is 6. The Balaban J connectivity index is 0.982. The summed E-state index contributed by atoms with van der Waals surface area (Å²) in [4.78, 5) is 37.3. The van der Waals surface area contributed by atoms with Gasteiger partial charge in [-0.05, 0) is 29.3 Å². The van der Waals surface area contributed by atoms with Crippen LogP contribution in [-0.2, 0) is 13.0 Å². The number of hydrogen-bond donors (Lipinski definition) is 2. The summed E-state index contributed by atoms with van der Waals surface area (Å²) in [6.45, 7) is 3.72. The fourth-order valence-electron chi connectivity index (χ4n) is 6.06. The molecule has 0 saturated carbocycles. The van der Waals surface area contributed by atoms with Gasteiger partial charge in [0.25, 0.3) is 11.5 Å². The van der Waals surface area contributed by atoms with E-state index in [4.69, 9.17) is 0 Å². The number of H-pyrrole nitrogens is 2. The number of carbonyl (C=O) groups is 1. The number of amides is 1. The summed E-state index contributed by atoms with van der Waals surface area (Å²) in [5, 5.41) is 8.04. The lowest BCUT2D eigenvalue weighted by molar-refractivity contribution is -0.102. The van der Waals surface area contributed by atoms with Crippen molar-refractivity contribution < 1.29 is 9.18 Å². The first-order valence-electron chi connectivity index (χ1n) is 13.3. The Labute approximate surface area is 229 Å². The molecule has 0 bridgehead atoms. The van der Waals surface area contributed by atoms with Gasteiger partial charge in [0.05, 0.1) is 35.1 Å². The molecule has 40 heavy (non-hydrogen) atoms. The van der Waals surface area contributed by atoms with E-state index in [1.54, 1.807) is 29.2 Å². The van der Waals surface area contributed by atoms with Crippen LogP contribution in [-0.4, -0.2) is 62.1 Å². The van der Waals surface area contributed by atoms with Crippen LogP contribution in [0.2, 0.25) is 0 Å². The number of nitrogens with one attached hydrogen (secondary N) is 2. The molecule has 1 spiro atoms. The van der Waals surface area contributed by atoms with Crippen molar-refractivity contribution in [1.82, 2.24) is 30.0 Å². The van der Waals surface area contributed by atoms with Crippen molar-refractivity contribution in [2.45, 2.75) is 13.0 Å². The largest absolute Gasteiger partial charge is 0.341 e. The highest BCUT2D eigenvalue weighted by Crippen LogP contribution is 2.41. The molecule has 8 nitrogen and oxygen atoms in total. The Kier molecular flexibility index (Phi) is 5.82. The molecule has 0 aliphatic carbocycles. The van der Waals surface area contributed by atoms with Gasteiger partial charge >= 0.3 is 0 Å². The van der Waals surface area contributed by atoms with Crippen LogP contribution in [0.4, 0.5) is 4.39 Å². The van der Waals surface area contributed by atoms with Gasteiger partial charge in [0.15, 0.2) is 0 Å². The van der Waals surface area contributed by atoms with E-state index in [9.17, 15) is 14.0 Å². The molecule has 2 N–H and O–H groups in total. The lowest BCUT2D eigenvalue weighted by Gasteiger charge is -2.60. The van der Waals surface area contributed by atoms with Gasteiger partial charge in [0.1, 0.15) is 11.6 Å². The molecule has 3 aromatic carbocycles. The number of aromatic amines is 2. The smallest absolute Gasteiger partial charge is 0.272 e. The molecule has 2 aliphatic rings. The Morgan fingerprint density at radius 2 is 1.70 bits per heavy atom. The second-order valence-electron chi connectivity index (χ2n) is 11.0. The van der Waals surface area contributed by atoms with Gasteiger partial charge in [-0.15, -0.1) is 0 Å². The number of halogens is 1. The van der Waals surface area contributed by atoms with Gasteiger partial charge in [-0.1, -0.05) is 54.6 Å². The Hall–Kier alpha value is -4.63. The average molecular weight is 535 g/mol. The number of hydrogen-bond acceptors (Lipinski definition) is 5. The summed E-state index contributed by atoms with van der Waals surface area (Å²) in [7, 11) is 0. The monoisotopic (exact) mass is 534 g/mol. The molecular formula is C31H27FN6O2. The third-order valence-electron chi connectivity index (χ3n) is 7.95. The normalized spacial score (nSPS) is 16.2. The highest BCUT2D eigenvalue weighted by atomic mass is 19.1. The van der Waals surface area contributed by atoms with Gasteiger partial charge in [-0.3, -0.25) is 14.5 Å². The molecule has 2 aromatic heterocycles. The summed E-state index contributed by atoms with van der Waals surface area (Å²) in [5.41, 5.74) is 3.42. The molecule has 1 amide bonds. The minimum Gasteiger partial charge on any atom is -0.341 e. The zero-order valence-electron chi connectivity index (χ0n) is 21.7. The summed E-state index contributed by atoms with van der Waals surface area (Å²) >= 11 is 0. The number of imidazole rings is 1. The van der Waals surface area contributed by atoms with Crippen molar-refractivity contribution in [3.05, 3.63) is 118 Å². The molecule has 4 heterocycles. The second kappa shape index (κ2) is 9.53. The zero-order chi connectivity index (χ0) is 27.3. The molecule has 7 rings (SSSR count). The zero-order valence-corrected chi connectivity index (χ0v) is 21.7. The van der Waals surface area contributed by atoms with Crippen molar-refractivity contribution in [3.63, 3.8) is 0 Å². The fraction of sp³-hybridized carbons (Fsp3) is 0.226. The van der Waals surface area contributed by atoms with Crippen LogP contribution >= 0.6 is 0 Å². The molecule has 0 atom stereocenters. The predicted molar refractivity (Wildman–Crippen MR) is 149 cm³/mol. The Bertz CT molecular complexity index is 1780. The molecule has 2 saturated heterocycles. The molecule has 2 aliphatic heterocycles. The molecular weight excluding hydrogens is 507 g/mol. The van der Waals surface area contributed by atoms with Crippen molar-refractivity contribution in [3.8, 4) is 11.3 Å². The maximum atomic E-state index is 14.8. The van der Waals surface area contributed by atoms with E-state index >= 15 is 0 Å². The van der Waals surface area contributed by atoms with Gasteiger partial charge in [0, 0.05) is 43.4 Å². The van der Waals surface area contributed by atoms with E-state index < -0.39 is 5.82 Å². The second-order valence-corrected chi connectivity index (χ2v) is 11.0. The average Bonchev–Trinajstić information content (AvgIpc) is 3.41. The van der Waals surface area contributed by atoms with Crippen LogP contribution < -0.4 is 5.56 Å². The van der Waals surface area contributed by atoms with E-state index in [0.29, 0.717) is 30.6 Å². The Morgan fingerprint density at radius 3 is 2.50 bits per heavy atom. The van der Waals surface area contributed by atoms with E-state index in [2.05, 4.69) is 37.2 Å². The molecule has 9 heteroatoms. The molecule has 5 aromatic rings. The molecule has 2 fully saturated rings. The number of nitrogens with zero attached hydrogens (tertiary/aromatic N) is 4. The molecule has 200 valence electrons. The summed E-state index contributed by atoms with van der Waals surface area (Å²) in [5.74, 6) is 0.0992. The maximum Gasteiger partial charge on any atom is 0.272 e. The third-order valence-corrected chi connectivity index (χ3v) is 7.95. The fourth-order valence-corrected chi connectivity index (χ4v) is 6.06. The predicted octanol–water partition coefficient (Wildman–Crippen LogP) is 4.00. The van der Waals surface area contributed by atoms with Crippen LogP contribution in [0.1, 0.15) is 27.4 Å². The van der Waals surface area contributed by atoms with Gasteiger partial charge < -0.3 is 9.88 Å². The van der Waals surface area contributed by atoms with Crippen molar-refractivity contribution in [2.75, 3.05) is 26.2 Å². The lowest BCUT2D eigenvalue weighted by atomic mass is 9.72. The number of benzene rings is 3. The van der Waals surface area contributed by atoms with Gasteiger partial charge in [0.2, 0.25) is 0 Å². The SMILES string of the molecule is O=C(c1cc(Cc2n[nH]c(=O)c3ccccc23)ccc1F)N1CC2(CN(Cc3ncc(-c4ccccc4)[nH]3)C2)C1. The maximum absolute atomic E-state index is 14.8. The van der Waals surface area contributed by atoms with E-state index in [1.165, 1.54) is 6.07 Å². The lowest BCUT2D eigenvalue weighted by Crippen LogP contribution is -2.72. The quantitative estimate of drug-likeness (QED) is 0.343. The Morgan fingerprint density at radius 1 is 0.950 bits per heavy atom. The minimum atomic E-state index is -0.531. The topological polar surface area (TPSA) is 98.0 Å². The van der Waals surface area contributed by atoms with Gasteiger partial charge in [-0.25, -0.2) is 14.5 Å². The van der Waals surface area contributed by atoms with E-state index in [0.717, 1.165) is 47.7 Å². The number of aromatic nitrogens is 4. The van der Waals surface area contributed by atoms with Crippen LogP contribution in [0, 0.1) is 11.2 Å². The summed E-state index contributed by atoms with van der Waals surface area (Å²) in [6.07, 6.45) is 2.23. The number of carbonyl (C=O) groups excluding carboxylic acids is 1. The highest BCUT2D eigenvalue weighted by Gasteiger charge is 2.53. The molecule has 0 unspecified atom stereocenters. The van der Waals surface area contributed by atoms with Crippen LogP contribution in [0.5, 0.6) is 0 Å². The first kappa shape index (κ1) is 24.4. The van der Waals surface area contributed by atoms with Crippen molar-refractivity contribution in [1.29, 1.82) is 0 Å². The highest BCUT2D eigenvalue weighted by molar-refractivity contribution is 5.95. The van der Waals surface area contributed by atoms with E-state index in [1.807, 2.05) is 36.5 Å². The van der Waals surface area contributed by atoms with E-state index in [-0.39, 0.29) is 22.4 Å². The van der Waals surface area contributed by atoms with Crippen LogP contribution in [0.3, 0.4) is 0 Å². The minimum absolute atomic E-state index is 0.0668. The van der Waals surface area contributed by atoms with Crippen LogP contribution in [0.25, 0.3) is 22.0 Å². The summed E-state index contributed by atoms with van der Waals surface area (Å²) in [6, 6.07) is 22.0. The molecule has 0 radical (unpaired) electrons. The van der Waals surface area contributed by atoms with Crippen molar-refractivity contribution in [2.24, 2.45) is 5.41 Å². The van der Waals surface area contributed by atoms with Crippen molar-refractivity contribution >= 4 is 16.7 Å². The first-order valence-corrected chi connectivity index (χ1v) is 13.3. The standard InChI is InChI=1S/C31H27FN6O2/c32-25-11-10-20(13-26-22-8-4-5-9-23(22)29(39)36-35-26)12-24(25)30(40)38-18-31(19-38)16-37(17-31)15-28-33-14-27(34-28)21-6-2-1-3-7-21/h1-12,14H,13,15-19H2,(H,33,34)(H,36,39). The first-order chi connectivity index (χ1) is 19.5.